The summed E-state index contributed by atoms with van der Waals surface area (Å²) in [6.45, 7) is 5.64. The number of nitrogens with two attached hydrogens (primary N) is 1. The van der Waals surface area contributed by atoms with Crippen molar-refractivity contribution in [3.8, 4) is 5.75 Å². The van der Waals surface area contributed by atoms with Gasteiger partial charge in [0.1, 0.15) is 11.4 Å². The first-order valence-corrected chi connectivity index (χ1v) is 6.66. The van der Waals surface area contributed by atoms with Gasteiger partial charge in [-0.2, -0.15) is 0 Å². The highest BCUT2D eigenvalue weighted by Crippen LogP contribution is 2.27. The molecule has 0 aromatic heterocycles. The minimum Gasteiger partial charge on any atom is -0.496 e. The quantitative estimate of drug-likeness (QED) is 0.896. The number of alkyl carbamates (subject to hydrolysis) is 1. The lowest BCUT2D eigenvalue weighted by Crippen LogP contribution is -2.36. The molecule has 0 aliphatic heterocycles. The van der Waals surface area contributed by atoms with E-state index >= 15 is 0 Å². The van der Waals surface area contributed by atoms with Crippen molar-refractivity contribution in [1.29, 1.82) is 0 Å². The molecule has 6 heteroatoms. The van der Waals surface area contributed by atoms with E-state index in [1.54, 1.807) is 46.1 Å². The molecule has 1 unspecified atom stereocenters. The Morgan fingerprint density at radius 3 is 2.65 bits per heavy atom. The molecule has 0 heterocycles. The molecule has 5 nitrogen and oxygen atoms in total. The molecular weight excluding hydrogens is 280 g/mol. The third-order valence-electron chi connectivity index (χ3n) is 2.46. The van der Waals surface area contributed by atoms with Gasteiger partial charge in [0.15, 0.2) is 0 Å². The maximum atomic E-state index is 11.6. The summed E-state index contributed by atoms with van der Waals surface area (Å²) in [6.07, 6.45) is -0.499. The third-order valence-corrected chi connectivity index (χ3v) is 2.70. The van der Waals surface area contributed by atoms with Crippen LogP contribution in [0.4, 0.5) is 4.79 Å². The maximum absolute atomic E-state index is 11.6. The van der Waals surface area contributed by atoms with Gasteiger partial charge in [0.05, 0.1) is 13.2 Å². The minimum atomic E-state index is -0.536. The Bertz CT molecular complexity index is 472. The number of methoxy groups -OCH3 is 1. The van der Waals surface area contributed by atoms with Crippen molar-refractivity contribution in [2.75, 3.05) is 13.7 Å². The molecule has 0 saturated heterocycles. The van der Waals surface area contributed by atoms with Crippen LogP contribution < -0.4 is 15.8 Å². The minimum absolute atomic E-state index is 0.243. The van der Waals surface area contributed by atoms with Crippen LogP contribution in [0.5, 0.6) is 5.75 Å². The molecule has 0 aliphatic carbocycles. The Morgan fingerprint density at radius 2 is 2.10 bits per heavy atom. The summed E-state index contributed by atoms with van der Waals surface area (Å²) in [7, 11) is 1.54. The van der Waals surface area contributed by atoms with Crippen LogP contribution in [-0.2, 0) is 4.74 Å². The highest BCUT2D eigenvalue weighted by Gasteiger charge is 2.18. The molecule has 0 bridgehead atoms. The van der Waals surface area contributed by atoms with Crippen molar-refractivity contribution in [2.45, 2.75) is 32.4 Å². The molecule has 0 radical (unpaired) electrons. The van der Waals surface area contributed by atoms with Gasteiger partial charge in [0.2, 0.25) is 0 Å². The van der Waals surface area contributed by atoms with Gasteiger partial charge in [-0.15, -0.1) is 0 Å². The Hall–Kier alpha value is -1.46. The monoisotopic (exact) mass is 300 g/mol. The zero-order valence-electron chi connectivity index (χ0n) is 12.2. The molecule has 0 spiro atoms. The van der Waals surface area contributed by atoms with Crippen molar-refractivity contribution in [3.05, 3.63) is 28.8 Å². The number of rotatable bonds is 4. The topological polar surface area (TPSA) is 73.6 Å². The van der Waals surface area contributed by atoms with Gasteiger partial charge in [-0.25, -0.2) is 4.79 Å². The summed E-state index contributed by atoms with van der Waals surface area (Å²) in [4.78, 5) is 11.6. The van der Waals surface area contributed by atoms with Crippen LogP contribution in [0.3, 0.4) is 0 Å². The summed E-state index contributed by atoms with van der Waals surface area (Å²) in [6, 6.07) is 4.79. The number of ether oxygens (including phenoxy) is 2. The Balaban J connectivity index is 2.63. The molecule has 0 fully saturated rings. The highest BCUT2D eigenvalue weighted by atomic mass is 35.5. The van der Waals surface area contributed by atoms with Crippen LogP contribution in [-0.4, -0.2) is 25.3 Å². The van der Waals surface area contributed by atoms with E-state index in [1.807, 2.05) is 0 Å². The van der Waals surface area contributed by atoms with Gasteiger partial charge >= 0.3 is 6.09 Å². The molecule has 20 heavy (non-hydrogen) atoms. The molecule has 1 atom stereocenters. The normalized spacial score (nSPS) is 12.7. The second-order valence-corrected chi connectivity index (χ2v) is 5.81. The average Bonchev–Trinajstić information content (AvgIpc) is 2.33. The number of benzene rings is 1. The first kappa shape index (κ1) is 16.6. The van der Waals surface area contributed by atoms with Crippen molar-refractivity contribution in [1.82, 2.24) is 5.32 Å². The molecule has 1 rings (SSSR count). The molecular formula is C14H21ClN2O3. The summed E-state index contributed by atoms with van der Waals surface area (Å²) in [5.41, 5.74) is 6.28. The number of hydrogen-bond acceptors (Lipinski definition) is 4. The summed E-state index contributed by atoms with van der Waals surface area (Å²) >= 11 is 5.89. The van der Waals surface area contributed by atoms with E-state index in [1.165, 1.54) is 0 Å². The van der Waals surface area contributed by atoms with Crippen LogP contribution >= 0.6 is 11.6 Å². The van der Waals surface area contributed by atoms with Gasteiger partial charge in [0.25, 0.3) is 0 Å². The highest BCUT2D eigenvalue weighted by molar-refractivity contribution is 6.30. The lowest BCUT2D eigenvalue weighted by molar-refractivity contribution is 0.0524. The number of hydrogen-bond donors (Lipinski definition) is 2. The Morgan fingerprint density at radius 1 is 1.45 bits per heavy atom. The van der Waals surface area contributed by atoms with E-state index in [-0.39, 0.29) is 6.54 Å². The van der Waals surface area contributed by atoms with E-state index in [0.29, 0.717) is 10.8 Å². The van der Waals surface area contributed by atoms with Crippen LogP contribution in [0, 0.1) is 0 Å². The molecule has 112 valence electrons. The predicted octanol–water partition coefficient (Wildman–Crippen LogP) is 2.87. The van der Waals surface area contributed by atoms with Crippen LogP contribution in [0.15, 0.2) is 18.2 Å². The number of nitrogens with one attached hydrogen (secondary N) is 1. The number of carbonyl (C=O) groups is 1. The van der Waals surface area contributed by atoms with E-state index in [9.17, 15) is 4.79 Å². The molecule has 0 saturated carbocycles. The van der Waals surface area contributed by atoms with Crippen molar-refractivity contribution in [2.24, 2.45) is 5.73 Å². The SMILES string of the molecule is COc1cc(Cl)ccc1C(N)CNC(=O)OC(C)(C)C. The van der Waals surface area contributed by atoms with Crippen molar-refractivity contribution < 1.29 is 14.3 Å². The standard InChI is InChI=1S/C14H21ClN2O3/c1-14(2,3)20-13(18)17-8-11(16)10-6-5-9(15)7-12(10)19-4/h5-7,11H,8,16H2,1-4H3,(H,17,18). The zero-order chi connectivity index (χ0) is 15.3. The van der Waals surface area contributed by atoms with Gasteiger partial charge in [-0.3, -0.25) is 0 Å². The van der Waals surface area contributed by atoms with Gasteiger partial charge in [0, 0.05) is 17.1 Å². The second kappa shape index (κ2) is 6.81. The van der Waals surface area contributed by atoms with Gasteiger partial charge in [-0.05, 0) is 32.9 Å². The lowest BCUT2D eigenvalue weighted by Gasteiger charge is -2.21. The van der Waals surface area contributed by atoms with E-state index in [0.717, 1.165) is 5.56 Å². The van der Waals surface area contributed by atoms with Crippen LogP contribution in [0.1, 0.15) is 32.4 Å². The number of amides is 1. The van der Waals surface area contributed by atoms with Crippen molar-refractivity contribution in [3.63, 3.8) is 0 Å². The number of carbonyl (C=O) groups excluding carboxylic acids is 1. The fourth-order valence-electron chi connectivity index (χ4n) is 1.61. The first-order valence-electron chi connectivity index (χ1n) is 6.29. The summed E-state index contributed by atoms with van der Waals surface area (Å²) < 4.78 is 10.4. The van der Waals surface area contributed by atoms with Crippen molar-refractivity contribution >= 4 is 17.7 Å². The number of halogens is 1. The average molecular weight is 301 g/mol. The van der Waals surface area contributed by atoms with Crippen LogP contribution in [0.25, 0.3) is 0 Å². The fourth-order valence-corrected chi connectivity index (χ4v) is 1.77. The van der Waals surface area contributed by atoms with Crippen LogP contribution in [0.2, 0.25) is 5.02 Å². The van der Waals surface area contributed by atoms with E-state index < -0.39 is 17.7 Å². The Kier molecular flexibility index (Phi) is 5.65. The Labute approximate surface area is 124 Å². The fraction of sp³-hybridized carbons (Fsp3) is 0.500. The lowest BCUT2D eigenvalue weighted by atomic mass is 10.1. The largest absolute Gasteiger partial charge is 0.496 e. The van der Waals surface area contributed by atoms with Gasteiger partial charge < -0.3 is 20.5 Å². The molecule has 1 amide bonds. The summed E-state index contributed by atoms with van der Waals surface area (Å²) in [5, 5.41) is 3.20. The second-order valence-electron chi connectivity index (χ2n) is 5.38. The molecule has 1 aromatic carbocycles. The molecule has 0 aliphatic rings. The first-order chi connectivity index (χ1) is 9.23. The smallest absolute Gasteiger partial charge is 0.407 e. The third kappa shape index (κ3) is 5.27. The summed E-state index contributed by atoms with van der Waals surface area (Å²) in [5.74, 6) is 0.594. The molecule has 3 N–H and O–H groups in total. The van der Waals surface area contributed by atoms with E-state index in [2.05, 4.69) is 5.32 Å². The zero-order valence-corrected chi connectivity index (χ0v) is 13.0. The maximum Gasteiger partial charge on any atom is 0.407 e. The molecule has 1 aromatic rings. The van der Waals surface area contributed by atoms with E-state index in [4.69, 9.17) is 26.8 Å². The van der Waals surface area contributed by atoms with Gasteiger partial charge in [-0.1, -0.05) is 17.7 Å². The predicted molar refractivity (Wildman–Crippen MR) is 79.2 cm³/mol.